The molecule has 4 nitrogen and oxygen atoms in total. The number of hydrogen-bond acceptors (Lipinski definition) is 3. The summed E-state index contributed by atoms with van der Waals surface area (Å²) in [4.78, 5) is 26.5. The number of thiophene rings is 1. The topological polar surface area (TPSA) is 49.4 Å². The maximum absolute atomic E-state index is 12.5. The molecule has 2 amide bonds. The zero-order valence-electron chi connectivity index (χ0n) is 12.7. The summed E-state index contributed by atoms with van der Waals surface area (Å²) < 4.78 is 0. The van der Waals surface area contributed by atoms with E-state index in [-0.39, 0.29) is 17.7 Å². The van der Waals surface area contributed by atoms with E-state index in [1.165, 1.54) is 11.3 Å². The van der Waals surface area contributed by atoms with Crippen LogP contribution in [0.15, 0.2) is 36.4 Å². The van der Waals surface area contributed by atoms with Crippen LogP contribution in [-0.2, 0) is 11.3 Å². The lowest BCUT2D eigenvalue weighted by molar-refractivity contribution is -0.117. The Morgan fingerprint density at radius 3 is 2.78 bits per heavy atom. The van der Waals surface area contributed by atoms with Crippen LogP contribution in [0.4, 0.5) is 5.00 Å². The van der Waals surface area contributed by atoms with Crippen LogP contribution in [0.5, 0.6) is 0 Å². The highest BCUT2D eigenvalue weighted by molar-refractivity contribution is 7.18. The third-order valence-corrected chi connectivity index (χ3v) is 4.89. The highest BCUT2D eigenvalue weighted by Gasteiger charge is 2.30. The predicted molar refractivity (Wildman–Crippen MR) is 92.9 cm³/mol. The van der Waals surface area contributed by atoms with Crippen LogP contribution in [0, 0.1) is 5.92 Å². The molecule has 0 unspecified atom stereocenters. The van der Waals surface area contributed by atoms with E-state index in [2.05, 4.69) is 5.32 Å². The van der Waals surface area contributed by atoms with Gasteiger partial charge in [0.2, 0.25) is 5.91 Å². The van der Waals surface area contributed by atoms with Crippen molar-refractivity contribution in [1.29, 1.82) is 0 Å². The first-order chi connectivity index (χ1) is 11.0. The summed E-state index contributed by atoms with van der Waals surface area (Å²) >= 11 is 7.27. The van der Waals surface area contributed by atoms with Crippen molar-refractivity contribution in [2.24, 2.45) is 5.92 Å². The van der Waals surface area contributed by atoms with Gasteiger partial charge in [-0.1, -0.05) is 23.7 Å². The summed E-state index contributed by atoms with van der Waals surface area (Å²) in [6, 6.07) is 11.0. The van der Waals surface area contributed by atoms with Crippen LogP contribution < -0.4 is 5.32 Å². The number of nitrogens with zero attached hydrogens (tertiary/aromatic N) is 1. The molecule has 1 aliphatic rings. The van der Waals surface area contributed by atoms with E-state index in [0.29, 0.717) is 16.4 Å². The second-order valence-corrected chi connectivity index (χ2v) is 7.24. The van der Waals surface area contributed by atoms with Gasteiger partial charge in [0.15, 0.2) is 0 Å². The van der Waals surface area contributed by atoms with Crippen molar-refractivity contribution in [3.05, 3.63) is 51.9 Å². The van der Waals surface area contributed by atoms with E-state index in [1.807, 2.05) is 18.2 Å². The fourth-order valence-corrected chi connectivity index (χ4v) is 3.37. The molecule has 0 radical (unpaired) electrons. The Morgan fingerprint density at radius 1 is 1.30 bits per heavy atom. The molecule has 0 aliphatic heterocycles. The minimum atomic E-state index is -0.0677. The Hall–Kier alpha value is -1.85. The lowest BCUT2D eigenvalue weighted by Crippen LogP contribution is -2.25. The van der Waals surface area contributed by atoms with Crippen molar-refractivity contribution < 1.29 is 9.59 Å². The van der Waals surface area contributed by atoms with Gasteiger partial charge in [0.1, 0.15) is 0 Å². The molecule has 23 heavy (non-hydrogen) atoms. The van der Waals surface area contributed by atoms with Crippen molar-refractivity contribution in [3.63, 3.8) is 0 Å². The Bertz CT molecular complexity index is 740. The molecule has 1 aromatic heterocycles. The molecule has 0 atom stereocenters. The molecule has 3 rings (SSSR count). The van der Waals surface area contributed by atoms with E-state index in [1.54, 1.807) is 30.1 Å². The third kappa shape index (κ3) is 4.12. The summed E-state index contributed by atoms with van der Waals surface area (Å²) in [6.07, 6.45) is 1.93. The molecule has 0 spiro atoms. The maximum Gasteiger partial charge on any atom is 0.264 e. The fraction of sp³-hybridized carbons (Fsp3) is 0.294. The molecule has 120 valence electrons. The Labute approximate surface area is 144 Å². The molecule has 1 fully saturated rings. The summed E-state index contributed by atoms with van der Waals surface area (Å²) in [5.41, 5.74) is 0.979. The van der Waals surface area contributed by atoms with E-state index < -0.39 is 0 Å². The van der Waals surface area contributed by atoms with Crippen molar-refractivity contribution in [3.8, 4) is 0 Å². The standard InChI is InChI=1S/C17H17ClN2O2S/c1-20(10-11-3-2-4-13(18)9-11)17(22)14-7-8-15(23-14)19-16(21)12-5-6-12/h2-4,7-9,12H,5-6,10H2,1H3,(H,19,21). The van der Waals surface area contributed by atoms with Crippen LogP contribution >= 0.6 is 22.9 Å². The average Bonchev–Trinajstić information content (AvgIpc) is 3.27. The highest BCUT2D eigenvalue weighted by Crippen LogP contribution is 2.31. The smallest absolute Gasteiger partial charge is 0.264 e. The zero-order chi connectivity index (χ0) is 16.4. The number of benzene rings is 1. The van der Waals surface area contributed by atoms with Gasteiger partial charge in [0.05, 0.1) is 9.88 Å². The van der Waals surface area contributed by atoms with Crippen molar-refractivity contribution in [2.75, 3.05) is 12.4 Å². The van der Waals surface area contributed by atoms with Gasteiger partial charge >= 0.3 is 0 Å². The molecule has 1 heterocycles. The van der Waals surface area contributed by atoms with Gasteiger partial charge in [-0.25, -0.2) is 0 Å². The van der Waals surface area contributed by atoms with Crippen LogP contribution in [0.3, 0.4) is 0 Å². The number of nitrogens with one attached hydrogen (secondary N) is 1. The van der Waals surface area contributed by atoms with Gasteiger partial charge in [-0.2, -0.15) is 0 Å². The van der Waals surface area contributed by atoms with Gasteiger partial charge in [-0.05, 0) is 42.7 Å². The first-order valence-corrected chi connectivity index (χ1v) is 8.63. The molecule has 1 aliphatic carbocycles. The number of hydrogen-bond donors (Lipinski definition) is 1. The lowest BCUT2D eigenvalue weighted by Gasteiger charge is -2.16. The second-order valence-electron chi connectivity index (χ2n) is 5.72. The summed E-state index contributed by atoms with van der Waals surface area (Å²) in [5, 5.41) is 4.25. The number of carbonyl (C=O) groups excluding carboxylic acids is 2. The van der Waals surface area contributed by atoms with Crippen LogP contribution in [-0.4, -0.2) is 23.8 Å². The van der Waals surface area contributed by atoms with Gasteiger partial charge in [0.25, 0.3) is 5.91 Å². The third-order valence-electron chi connectivity index (χ3n) is 3.67. The van der Waals surface area contributed by atoms with Crippen molar-refractivity contribution in [1.82, 2.24) is 4.90 Å². The normalized spacial score (nSPS) is 13.7. The van der Waals surface area contributed by atoms with Gasteiger partial charge < -0.3 is 10.2 Å². The summed E-state index contributed by atoms with van der Waals surface area (Å²) in [6.45, 7) is 0.487. The van der Waals surface area contributed by atoms with Crippen molar-refractivity contribution >= 4 is 39.8 Å². The number of anilines is 1. The van der Waals surface area contributed by atoms with E-state index >= 15 is 0 Å². The molecule has 1 N–H and O–H groups in total. The maximum atomic E-state index is 12.5. The Kier molecular flexibility index (Phi) is 4.68. The molecule has 0 bridgehead atoms. The number of carbonyl (C=O) groups is 2. The van der Waals surface area contributed by atoms with Gasteiger partial charge in [-0.3, -0.25) is 9.59 Å². The van der Waals surface area contributed by atoms with Crippen LogP contribution in [0.2, 0.25) is 5.02 Å². The molecule has 1 saturated carbocycles. The molecular formula is C17H17ClN2O2S. The summed E-state index contributed by atoms with van der Waals surface area (Å²) in [7, 11) is 1.76. The van der Waals surface area contributed by atoms with Crippen LogP contribution in [0.25, 0.3) is 0 Å². The monoisotopic (exact) mass is 348 g/mol. The van der Waals surface area contributed by atoms with Gasteiger partial charge in [0, 0.05) is 24.5 Å². The molecular weight excluding hydrogens is 332 g/mol. The molecule has 2 aromatic rings. The SMILES string of the molecule is CN(Cc1cccc(Cl)c1)C(=O)c1ccc(NC(=O)C2CC2)s1. The average molecular weight is 349 g/mol. The Morgan fingerprint density at radius 2 is 2.09 bits per heavy atom. The van der Waals surface area contributed by atoms with Gasteiger partial charge in [-0.15, -0.1) is 11.3 Å². The van der Waals surface area contributed by atoms with Crippen LogP contribution in [0.1, 0.15) is 28.1 Å². The summed E-state index contributed by atoms with van der Waals surface area (Å²) in [5.74, 6) is 0.141. The minimum absolute atomic E-state index is 0.0538. The zero-order valence-corrected chi connectivity index (χ0v) is 14.3. The number of halogens is 1. The molecule has 0 saturated heterocycles. The molecule has 1 aromatic carbocycles. The first-order valence-electron chi connectivity index (χ1n) is 7.43. The lowest BCUT2D eigenvalue weighted by atomic mass is 10.2. The van der Waals surface area contributed by atoms with Crippen molar-refractivity contribution in [2.45, 2.75) is 19.4 Å². The second kappa shape index (κ2) is 6.72. The van der Waals surface area contributed by atoms with E-state index in [0.717, 1.165) is 23.4 Å². The highest BCUT2D eigenvalue weighted by atomic mass is 35.5. The Balaban J connectivity index is 1.62. The fourth-order valence-electron chi connectivity index (χ4n) is 2.26. The largest absolute Gasteiger partial charge is 0.337 e. The van der Waals surface area contributed by atoms with E-state index in [4.69, 9.17) is 11.6 Å². The molecule has 6 heteroatoms. The minimum Gasteiger partial charge on any atom is -0.337 e. The number of rotatable bonds is 5. The number of amides is 2. The first kappa shape index (κ1) is 16.0. The predicted octanol–water partition coefficient (Wildman–Crippen LogP) is 4.02. The quantitative estimate of drug-likeness (QED) is 0.887. The van der Waals surface area contributed by atoms with E-state index in [9.17, 15) is 9.59 Å².